The van der Waals surface area contributed by atoms with E-state index in [-0.39, 0.29) is 33.7 Å². The van der Waals surface area contributed by atoms with Crippen molar-refractivity contribution in [1.82, 2.24) is 25.4 Å². The molecule has 0 unspecified atom stereocenters. The van der Waals surface area contributed by atoms with Crippen molar-refractivity contribution in [3.63, 3.8) is 0 Å². The lowest BCUT2D eigenvalue weighted by Crippen LogP contribution is -2.30. The predicted molar refractivity (Wildman–Crippen MR) is 139 cm³/mol. The van der Waals surface area contributed by atoms with Crippen LogP contribution in [-0.2, 0) is 0 Å². The fourth-order valence-electron chi connectivity index (χ4n) is 4.19. The molecule has 37 heavy (non-hydrogen) atoms. The number of amides is 2. The van der Waals surface area contributed by atoms with Gasteiger partial charge in [-0.3, -0.25) is 14.6 Å². The van der Waals surface area contributed by atoms with Gasteiger partial charge in [-0.1, -0.05) is 35.9 Å². The van der Waals surface area contributed by atoms with Gasteiger partial charge in [0.05, 0.1) is 16.3 Å². The summed E-state index contributed by atoms with van der Waals surface area (Å²) in [5.41, 5.74) is 1.47. The van der Waals surface area contributed by atoms with E-state index in [2.05, 4.69) is 26.0 Å². The molecule has 2 aromatic carbocycles. The Morgan fingerprint density at radius 2 is 1.92 bits per heavy atom. The standard InChI is InChI=1S/C27H24ClFN6O2/c28-21-9-8-18(25-22(29)7-4-11-31-25)13-20(21)26(36)33-24-14-23(27(37)32-16-17-10-12-30-15-17)34-35(24)19-5-2-1-3-6-19/h1-9,11,13-14,17,30H,10,12,15-16H2,(H,32,37)(H,33,36)/t17-/m1/s1. The van der Waals surface area contributed by atoms with Gasteiger partial charge in [-0.15, -0.1) is 0 Å². The van der Waals surface area contributed by atoms with Gasteiger partial charge in [0, 0.05) is 24.4 Å². The highest BCUT2D eigenvalue weighted by atomic mass is 35.5. The number of nitrogens with zero attached hydrogens (tertiary/aromatic N) is 3. The molecule has 4 aromatic rings. The van der Waals surface area contributed by atoms with Crippen molar-refractivity contribution in [2.45, 2.75) is 6.42 Å². The van der Waals surface area contributed by atoms with Crippen LogP contribution in [0, 0.1) is 11.7 Å². The molecule has 0 bridgehead atoms. The summed E-state index contributed by atoms with van der Waals surface area (Å²) < 4.78 is 15.8. The number of anilines is 1. The minimum Gasteiger partial charge on any atom is -0.350 e. The molecule has 1 atom stereocenters. The maximum Gasteiger partial charge on any atom is 0.271 e. The van der Waals surface area contributed by atoms with Crippen LogP contribution in [0.5, 0.6) is 0 Å². The second-order valence-electron chi connectivity index (χ2n) is 8.71. The first-order chi connectivity index (χ1) is 18.0. The maximum atomic E-state index is 14.3. The third-order valence-corrected chi connectivity index (χ3v) is 6.47. The Kier molecular flexibility index (Phi) is 7.25. The van der Waals surface area contributed by atoms with Gasteiger partial charge < -0.3 is 16.0 Å². The van der Waals surface area contributed by atoms with Crippen LogP contribution in [0.1, 0.15) is 27.3 Å². The lowest BCUT2D eigenvalue weighted by molar-refractivity contribution is 0.0942. The van der Waals surface area contributed by atoms with Crippen LogP contribution in [0.3, 0.4) is 0 Å². The number of para-hydroxylation sites is 1. The van der Waals surface area contributed by atoms with E-state index in [0.29, 0.717) is 23.7 Å². The number of carbonyl (C=O) groups excluding carboxylic acids is 2. The minimum atomic E-state index is -0.538. The summed E-state index contributed by atoms with van der Waals surface area (Å²) in [4.78, 5) is 30.2. The van der Waals surface area contributed by atoms with Gasteiger partial charge in [-0.25, -0.2) is 9.07 Å². The molecule has 3 N–H and O–H groups in total. The Balaban J connectivity index is 1.43. The monoisotopic (exact) mass is 518 g/mol. The van der Waals surface area contributed by atoms with Gasteiger partial charge in [0.1, 0.15) is 17.3 Å². The lowest BCUT2D eigenvalue weighted by atomic mass is 10.1. The first kappa shape index (κ1) is 24.6. The Morgan fingerprint density at radius 1 is 1.08 bits per heavy atom. The van der Waals surface area contributed by atoms with E-state index >= 15 is 0 Å². The molecule has 1 saturated heterocycles. The predicted octanol–water partition coefficient (Wildman–Crippen LogP) is 4.32. The quantitative estimate of drug-likeness (QED) is 0.338. The smallest absolute Gasteiger partial charge is 0.271 e. The summed E-state index contributed by atoms with van der Waals surface area (Å²) >= 11 is 6.33. The van der Waals surface area contributed by atoms with Crippen LogP contribution in [0.15, 0.2) is 72.9 Å². The summed E-state index contributed by atoms with van der Waals surface area (Å²) in [5.74, 6) is -0.721. The molecular weight excluding hydrogens is 495 g/mol. The molecule has 0 spiro atoms. The molecular formula is C27H24ClFN6O2. The maximum absolute atomic E-state index is 14.3. The van der Waals surface area contributed by atoms with E-state index in [1.54, 1.807) is 6.07 Å². The van der Waals surface area contributed by atoms with Crippen LogP contribution in [0.25, 0.3) is 16.9 Å². The third-order valence-electron chi connectivity index (χ3n) is 6.14. The Labute approximate surface area is 217 Å². The molecule has 8 nitrogen and oxygen atoms in total. The Hall–Kier alpha value is -4.08. The van der Waals surface area contributed by atoms with E-state index in [0.717, 1.165) is 19.5 Å². The van der Waals surface area contributed by atoms with Crippen LogP contribution in [0.2, 0.25) is 5.02 Å². The average Bonchev–Trinajstić information content (AvgIpc) is 3.59. The van der Waals surface area contributed by atoms with Crippen molar-refractivity contribution in [3.05, 3.63) is 95.0 Å². The summed E-state index contributed by atoms with van der Waals surface area (Å²) in [6.07, 6.45) is 2.48. The number of benzene rings is 2. The molecule has 2 aromatic heterocycles. The second kappa shape index (κ2) is 10.9. The lowest BCUT2D eigenvalue weighted by Gasteiger charge is -2.11. The first-order valence-corrected chi connectivity index (χ1v) is 12.2. The van der Waals surface area contributed by atoms with E-state index in [4.69, 9.17) is 11.6 Å². The van der Waals surface area contributed by atoms with Gasteiger partial charge in [0.15, 0.2) is 5.69 Å². The van der Waals surface area contributed by atoms with Crippen molar-refractivity contribution in [1.29, 1.82) is 0 Å². The Morgan fingerprint density at radius 3 is 2.68 bits per heavy atom. The van der Waals surface area contributed by atoms with Gasteiger partial charge >= 0.3 is 0 Å². The van der Waals surface area contributed by atoms with Crippen LogP contribution in [0.4, 0.5) is 10.2 Å². The van der Waals surface area contributed by atoms with E-state index < -0.39 is 11.7 Å². The normalized spacial score (nSPS) is 14.9. The number of nitrogens with one attached hydrogen (secondary N) is 3. The van der Waals surface area contributed by atoms with E-state index in [1.807, 2.05) is 30.3 Å². The number of halogens is 2. The zero-order valence-electron chi connectivity index (χ0n) is 19.7. The van der Waals surface area contributed by atoms with Crippen molar-refractivity contribution in [2.24, 2.45) is 5.92 Å². The highest BCUT2D eigenvalue weighted by Crippen LogP contribution is 2.27. The zero-order valence-corrected chi connectivity index (χ0v) is 20.5. The Bertz CT molecular complexity index is 1440. The molecule has 2 amide bonds. The summed E-state index contributed by atoms with van der Waals surface area (Å²) in [7, 11) is 0. The number of rotatable bonds is 7. The molecule has 1 aliphatic rings. The molecule has 0 saturated carbocycles. The number of aromatic nitrogens is 3. The van der Waals surface area contributed by atoms with Crippen molar-refractivity contribution < 1.29 is 14.0 Å². The highest BCUT2D eigenvalue weighted by Gasteiger charge is 2.21. The molecule has 188 valence electrons. The fraction of sp³-hybridized carbons (Fsp3) is 0.185. The number of hydrogen-bond donors (Lipinski definition) is 3. The highest BCUT2D eigenvalue weighted by molar-refractivity contribution is 6.34. The van der Waals surface area contributed by atoms with Crippen molar-refractivity contribution in [3.8, 4) is 16.9 Å². The summed E-state index contributed by atoms with van der Waals surface area (Å²) in [6, 6.07) is 18.0. The fourth-order valence-corrected chi connectivity index (χ4v) is 4.40. The average molecular weight is 519 g/mol. The van der Waals surface area contributed by atoms with Crippen LogP contribution < -0.4 is 16.0 Å². The zero-order chi connectivity index (χ0) is 25.8. The van der Waals surface area contributed by atoms with Gasteiger partial charge in [0.25, 0.3) is 11.8 Å². The first-order valence-electron chi connectivity index (χ1n) is 11.9. The van der Waals surface area contributed by atoms with Crippen molar-refractivity contribution >= 4 is 29.2 Å². The van der Waals surface area contributed by atoms with Crippen LogP contribution >= 0.6 is 11.6 Å². The number of hydrogen-bond acceptors (Lipinski definition) is 5. The summed E-state index contributed by atoms with van der Waals surface area (Å²) in [6.45, 7) is 2.34. The SMILES string of the molecule is O=C(NC[C@@H]1CCNC1)c1cc(NC(=O)c2cc(-c3ncccc3F)ccc2Cl)n(-c2ccccc2)n1. The molecule has 5 rings (SSSR count). The molecule has 10 heteroatoms. The number of carbonyl (C=O) groups is 2. The van der Waals surface area contributed by atoms with Gasteiger partial charge in [0.2, 0.25) is 0 Å². The number of pyridine rings is 1. The van der Waals surface area contributed by atoms with E-state index in [9.17, 15) is 14.0 Å². The van der Waals surface area contributed by atoms with Gasteiger partial charge in [-0.05, 0) is 61.8 Å². The largest absolute Gasteiger partial charge is 0.350 e. The molecule has 0 aliphatic carbocycles. The molecule has 1 fully saturated rings. The summed E-state index contributed by atoms with van der Waals surface area (Å²) in [5, 5.41) is 13.6. The topological polar surface area (TPSA) is 101 Å². The third kappa shape index (κ3) is 5.52. The van der Waals surface area contributed by atoms with Crippen molar-refractivity contribution in [2.75, 3.05) is 25.0 Å². The second-order valence-corrected chi connectivity index (χ2v) is 9.12. The van der Waals surface area contributed by atoms with Gasteiger partial charge in [-0.2, -0.15) is 5.10 Å². The molecule has 1 aliphatic heterocycles. The molecule has 0 radical (unpaired) electrons. The minimum absolute atomic E-state index is 0.110. The van der Waals surface area contributed by atoms with Crippen LogP contribution in [-0.4, -0.2) is 46.2 Å². The van der Waals surface area contributed by atoms with E-state index in [1.165, 1.54) is 41.2 Å². The molecule has 3 heterocycles.